The van der Waals surface area contributed by atoms with E-state index in [1.54, 1.807) is 12.4 Å². The number of rotatable bonds is 2. The van der Waals surface area contributed by atoms with Crippen LogP contribution in [-0.2, 0) is 0 Å². The molecule has 0 bridgehead atoms. The molecular weight excluding hydrogens is 217 g/mol. The molecule has 17 heavy (non-hydrogen) atoms. The average Bonchev–Trinajstić information content (AvgIpc) is 2.29. The van der Waals surface area contributed by atoms with Crippen LogP contribution in [0.4, 0.5) is 4.39 Å². The van der Waals surface area contributed by atoms with Gasteiger partial charge in [0.25, 0.3) is 0 Å². The number of benzene rings is 1. The van der Waals surface area contributed by atoms with Crippen LogP contribution in [0.2, 0.25) is 0 Å². The molecule has 2 rings (SSSR count). The fourth-order valence-corrected chi connectivity index (χ4v) is 1.79. The second-order valence-electron chi connectivity index (χ2n) is 3.94. The van der Waals surface area contributed by atoms with E-state index in [0.717, 1.165) is 11.1 Å². The van der Waals surface area contributed by atoms with Crippen molar-refractivity contribution in [2.45, 2.75) is 13.8 Å². The molecule has 0 fully saturated rings. The predicted octanol–water partition coefficient (Wildman–Crippen LogP) is 3.40. The third kappa shape index (κ3) is 2.23. The maximum Gasteiger partial charge on any atom is 0.160 e. The first kappa shape index (κ1) is 11.5. The van der Waals surface area contributed by atoms with Gasteiger partial charge in [-0.2, -0.15) is 0 Å². The fraction of sp³-hybridized carbons (Fsp3) is 0.143. The number of nitrogens with zero attached hydrogens (tertiary/aromatic N) is 1. The summed E-state index contributed by atoms with van der Waals surface area (Å²) in [7, 11) is 0. The predicted molar refractivity (Wildman–Crippen MR) is 64.4 cm³/mol. The number of Topliss-reactive ketones (excluding diaryl/α,β-unsaturated/α-hetero) is 1. The molecule has 0 unspecified atom stereocenters. The quantitative estimate of drug-likeness (QED) is 0.739. The normalized spacial score (nSPS) is 10.3. The molecule has 1 heterocycles. The third-order valence-corrected chi connectivity index (χ3v) is 2.69. The fourth-order valence-electron chi connectivity index (χ4n) is 1.79. The highest BCUT2D eigenvalue weighted by molar-refractivity contribution is 6.01. The lowest BCUT2D eigenvalue weighted by Crippen LogP contribution is -1.98. The van der Waals surface area contributed by atoms with E-state index in [2.05, 4.69) is 4.98 Å². The van der Waals surface area contributed by atoms with Gasteiger partial charge >= 0.3 is 0 Å². The standard InChI is InChI=1S/C14H12FNO/c1-9-5-6-16-8-14(9)13-7-11(15)3-4-12(13)10(2)17/h3-8H,1-2H3. The van der Waals surface area contributed by atoms with E-state index < -0.39 is 0 Å². The number of hydrogen-bond donors (Lipinski definition) is 0. The lowest BCUT2D eigenvalue weighted by Gasteiger charge is -2.09. The van der Waals surface area contributed by atoms with Gasteiger partial charge in [0.15, 0.2) is 5.78 Å². The Labute approximate surface area is 99.1 Å². The Bertz CT molecular complexity index is 578. The van der Waals surface area contributed by atoms with E-state index in [0.29, 0.717) is 11.1 Å². The van der Waals surface area contributed by atoms with E-state index in [9.17, 15) is 9.18 Å². The molecule has 1 aromatic heterocycles. The van der Waals surface area contributed by atoms with Crippen LogP contribution >= 0.6 is 0 Å². The van der Waals surface area contributed by atoms with Crippen LogP contribution in [0.1, 0.15) is 22.8 Å². The monoisotopic (exact) mass is 229 g/mol. The molecule has 0 aliphatic heterocycles. The van der Waals surface area contributed by atoms with Crippen LogP contribution in [0.5, 0.6) is 0 Å². The summed E-state index contributed by atoms with van der Waals surface area (Å²) in [5, 5.41) is 0. The topological polar surface area (TPSA) is 30.0 Å². The summed E-state index contributed by atoms with van der Waals surface area (Å²) in [6.07, 6.45) is 3.32. The van der Waals surface area contributed by atoms with Gasteiger partial charge in [0.1, 0.15) is 5.82 Å². The van der Waals surface area contributed by atoms with Gasteiger partial charge in [-0.1, -0.05) is 0 Å². The van der Waals surface area contributed by atoms with Crippen LogP contribution in [0.25, 0.3) is 11.1 Å². The highest BCUT2D eigenvalue weighted by Crippen LogP contribution is 2.27. The lowest BCUT2D eigenvalue weighted by molar-refractivity contribution is 0.101. The van der Waals surface area contributed by atoms with Gasteiger partial charge in [-0.15, -0.1) is 0 Å². The second-order valence-corrected chi connectivity index (χ2v) is 3.94. The van der Waals surface area contributed by atoms with Crippen molar-refractivity contribution in [3.05, 3.63) is 53.6 Å². The molecule has 0 amide bonds. The van der Waals surface area contributed by atoms with Crippen molar-refractivity contribution in [3.8, 4) is 11.1 Å². The molecule has 2 nitrogen and oxygen atoms in total. The van der Waals surface area contributed by atoms with Crippen LogP contribution in [-0.4, -0.2) is 10.8 Å². The largest absolute Gasteiger partial charge is 0.294 e. The smallest absolute Gasteiger partial charge is 0.160 e. The summed E-state index contributed by atoms with van der Waals surface area (Å²) >= 11 is 0. The molecule has 86 valence electrons. The van der Waals surface area contributed by atoms with E-state index in [1.807, 2.05) is 13.0 Å². The zero-order valence-corrected chi connectivity index (χ0v) is 9.70. The maximum absolute atomic E-state index is 13.3. The summed E-state index contributed by atoms with van der Waals surface area (Å²) in [6, 6.07) is 6.02. The van der Waals surface area contributed by atoms with Crippen molar-refractivity contribution in [1.82, 2.24) is 4.98 Å². The van der Waals surface area contributed by atoms with Crippen molar-refractivity contribution in [3.63, 3.8) is 0 Å². The number of aromatic nitrogens is 1. The Morgan fingerprint density at radius 2 is 2.00 bits per heavy atom. The Kier molecular flexibility index (Phi) is 3.00. The zero-order chi connectivity index (χ0) is 12.4. The Morgan fingerprint density at radius 3 is 2.65 bits per heavy atom. The summed E-state index contributed by atoms with van der Waals surface area (Å²) in [5.41, 5.74) is 2.87. The summed E-state index contributed by atoms with van der Waals surface area (Å²) < 4.78 is 13.3. The molecule has 0 saturated heterocycles. The average molecular weight is 229 g/mol. The highest BCUT2D eigenvalue weighted by atomic mass is 19.1. The van der Waals surface area contributed by atoms with Crippen LogP contribution in [0.3, 0.4) is 0 Å². The number of hydrogen-bond acceptors (Lipinski definition) is 2. The van der Waals surface area contributed by atoms with Gasteiger partial charge in [-0.3, -0.25) is 9.78 Å². The first-order chi connectivity index (χ1) is 8.09. The van der Waals surface area contributed by atoms with Gasteiger partial charge in [-0.25, -0.2) is 4.39 Å². The molecule has 1 aromatic carbocycles. The zero-order valence-electron chi connectivity index (χ0n) is 9.70. The minimum atomic E-state index is -0.353. The number of carbonyl (C=O) groups excluding carboxylic acids is 1. The number of halogens is 1. The van der Waals surface area contributed by atoms with Crippen LogP contribution in [0, 0.1) is 12.7 Å². The number of pyridine rings is 1. The third-order valence-electron chi connectivity index (χ3n) is 2.69. The van der Waals surface area contributed by atoms with Crippen molar-refractivity contribution in [1.29, 1.82) is 0 Å². The van der Waals surface area contributed by atoms with Gasteiger partial charge in [0.05, 0.1) is 0 Å². The molecule has 0 aliphatic rings. The molecular formula is C14H12FNO. The number of ketones is 1. The van der Waals surface area contributed by atoms with E-state index in [4.69, 9.17) is 0 Å². The molecule has 0 N–H and O–H groups in total. The highest BCUT2D eigenvalue weighted by Gasteiger charge is 2.12. The summed E-state index contributed by atoms with van der Waals surface area (Å²) in [6.45, 7) is 3.38. The van der Waals surface area contributed by atoms with Crippen LogP contribution in [0.15, 0.2) is 36.7 Å². The minimum Gasteiger partial charge on any atom is -0.294 e. The maximum atomic E-state index is 13.3. The second kappa shape index (κ2) is 4.45. The van der Waals surface area contributed by atoms with Gasteiger partial charge in [0.2, 0.25) is 0 Å². The van der Waals surface area contributed by atoms with Gasteiger partial charge in [0, 0.05) is 23.5 Å². The molecule has 3 heteroatoms. The minimum absolute atomic E-state index is 0.0803. The summed E-state index contributed by atoms with van der Waals surface area (Å²) in [4.78, 5) is 15.5. The molecule has 0 aliphatic carbocycles. The van der Waals surface area contributed by atoms with Crippen molar-refractivity contribution >= 4 is 5.78 Å². The molecule has 0 saturated carbocycles. The van der Waals surface area contributed by atoms with Crippen molar-refractivity contribution < 1.29 is 9.18 Å². The molecule has 0 atom stereocenters. The lowest BCUT2D eigenvalue weighted by atomic mass is 9.96. The van der Waals surface area contributed by atoms with Crippen molar-refractivity contribution in [2.24, 2.45) is 0 Å². The molecule has 0 spiro atoms. The molecule has 0 radical (unpaired) electrons. The SMILES string of the molecule is CC(=O)c1ccc(F)cc1-c1cnccc1C. The first-order valence-electron chi connectivity index (χ1n) is 5.31. The van der Waals surface area contributed by atoms with Crippen molar-refractivity contribution in [2.75, 3.05) is 0 Å². The van der Waals surface area contributed by atoms with E-state index >= 15 is 0 Å². The Balaban J connectivity index is 2.70. The molecule has 2 aromatic rings. The van der Waals surface area contributed by atoms with E-state index in [1.165, 1.54) is 25.1 Å². The van der Waals surface area contributed by atoms with E-state index in [-0.39, 0.29) is 11.6 Å². The summed E-state index contributed by atoms with van der Waals surface area (Å²) in [5.74, 6) is -0.434. The van der Waals surface area contributed by atoms with Gasteiger partial charge < -0.3 is 0 Å². The number of aryl methyl sites for hydroxylation is 1. The Hall–Kier alpha value is -2.03. The van der Waals surface area contributed by atoms with Crippen LogP contribution < -0.4 is 0 Å². The number of carbonyl (C=O) groups is 1. The first-order valence-corrected chi connectivity index (χ1v) is 5.31. The Morgan fingerprint density at radius 1 is 1.24 bits per heavy atom. The van der Waals surface area contributed by atoms with Gasteiger partial charge in [-0.05, 0) is 49.2 Å².